The standard InChI is InChI=1S/C11H18N2O2/c1-4-15-11-6-5-10(12)7-9(11)8-13(2)14-3/h5-7H,4,8,12H2,1-3H3. The highest BCUT2D eigenvalue weighted by atomic mass is 16.7. The van der Waals surface area contributed by atoms with Gasteiger partial charge in [0.05, 0.1) is 20.3 Å². The normalized spacial score (nSPS) is 10.7. The number of anilines is 1. The molecule has 1 rings (SSSR count). The third-order valence-corrected chi connectivity index (χ3v) is 2.09. The van der Waals surface area contributed by atoms with Gasteiger partial charge in [-0.3, -0.25) is 0 Å². The minimum atomic E-state index is 0.646. The molecule has 15 heavy (non-hydrogen) atoms. The van der Waals surface area contributed by atoms with E-state index in [0.29, 0.717) is 13.2 Å². The zero-order valence-electron chi connectivity index (χ0n) is 9.49. The van der Waals surface area contributed by atoms with Crippen molar-refractivity contribution in [2.24, 2.45) is 0 Å². The van der Waals surface area contributed by atoms with Crippen molar-refractivity contribution in [3.05, 3.63) is 23.8 Å². The summed E-state index contributed by atoms with van der Waals surface area (Å²) in [6.45, 7) is 3.25. The van der Waals surface area contributed by atoms with Gasteiger partial charge in [0, 0.05) is 18.3 Å². The van der Waals surface area contributed by atoms with Gasteiger partial charge in [-0.1, -0.05) is 0 Å². The number of nitrogens with zero attached hydrogens (tertiary/aromatic N) is 1. The molecule has 1 aromatic carbocycles. The summed E-state index contributed by atoms with van der Waals surface area (Å²) in [5.41, 5.74) is 7.49. The van der Waals surface area contributed by atoms with Crippen LogP contribution in [-0.4, -0.2) is 25.8 Å². The number of ether oxygens (including phenoxy) is 1. The molecule has 0 atom stereocenters. The summed E-state index contributed by atoms with van der Waals surface area (Å²) >= 11 is 0. The molecule has 0 fully saturated rings. The molecule has 0 heterocycles. The lowest BCUT2D eigenvalue weighted by Crippen LogP contribution is -2.16. The van der Waals surface area contributed by atoms with Gasteiger partial charge in [-0.25, -0.2) is 0 Å². The molecule has 0 unspecified atom stereocenters. The van der Waals surface area contributed by atoms with Crippen LogP contribution in [-0.2, 0) is 11.4 Å². The minimum absolute atomic E-state index is 0.646. The molecule has 0 amide bonds. The topological polar surface area (TPSA) is 47.7 Å². The Bertz CT molecular complexity index is 315. The Labute approximate surface area is 90.5 Å². The van der Waals surface area contributed by atoms with Gasteiger partial charge in [0.15, 0.2) is 0 Å². The van der Waals surface area contributed by atoms with Gasteiger partial charge < -0.3 is 15.3 Å². The zero-order valence-corrected chi connectivity index (χ0v) is 9.49. The Kier molecular flexibility index (Phi) is 4.39. The maximum atomic E-state index is 5.73. The summed E-state index contributed by atoms with van der Waals surface area (Å²) in [5, 5.41) is 1.72. The van der Waals surface area contributed by atoms with E-state index in [1.54, 1.807) is 12.2 Å². The lowest BCUT2D eigenvalue weighted by Gasteiger charge is -2.16. The average molecular weight is 210 g/mol. The fraction of sp³-hybridized carbons (Fsp3) is 0.455. The molecule has 0 aromatic heterocycles. The second-order valence-corrected chi connectivity index (χ2v) is 3.27. The number of benzene rings is 1. The highest BCUT2D eigenvalue weighted by molar-refractivity contribution is 5.47. The second kappa shape index (κ2) is 5.58. The third-order valence-electron chi connectivity index (χ3n) is 2.09. The molecule has 0 bridgehead atoms. The maximum Gasteiger partial charge on any atom is 0.124 e. The largest absolute Gasteiger partial charge is 0.494 e. The summed E-state index contributed by atoms with van der Waals surface area (Å²) in [7, 11) is 3.49. The first-order valence-corrected chi connectivity index (χ1v) is 4.93. The Morgan fingerprint density at radius 2 is 2.13 bits per heavy atom. The van der Waals surface area contributed by atoms with Crippen molar-refractivity contribution in [2.45, 2.75) is 13.5 Å². The smallest absolute Gasteiger partial charge is 0.124 e. The molecule has 0 spiro atoms. The number of hydrogen-bond acceptors (Lipinski definition) is 4. The maximum absolute atomic E-state index is 5.73. The van der Waals surface area contributed by atoms with Gasteiger partial charge in [0.1, 0.15) is 5.75 Å². The van der Waals surface area contributed by atoms with Crippen LogP contribution in [0.1, 0.15) is 12.5 Å². The number of nitrogen functional groups attached to an aromatic ring is 1. The lowest BCUT2D eigenvalue weighted by atomic mass is 10.2. The van der Waals surface area contributed by atoms with E-state index >= 15 is 0 Å². The zero-order chi connectivity index (χ0) is 11.3. The second-order valence-electron chi connectivity index (χ2n) is 3.27. The minimum Gasteiger partial charge on any atom is -0.494 e. The van der Waals surface area contributed by atoms with Gasteiger partial charge in [-0.15, -0.1) is 0 Å². The molecule has 0 aliphatic rings. The van der Waals surface area contributed by atoms with E-state index in [2.05, 4.69) is 0 Å². The van der Waals surface area contributed by atoms with Crippen LogP contribution in [0.2, 0.25) is 0 Å². The van der Waals surface area contributed by atoms with Crippen LogP contribution < -0.4 is 10.5 Å². The fourth-order valence-corrected chi connectivity index (χ4v) is 1.32. The average Bonchev–Trinajstić information content (AvgIpc) is 2.22. The van der Waals surface area contributed by atoms with E-state index in [0.717, 1.165) is 17.0 Å². The van der Waals surface area contributed by atoms with Crippen molar-refractivity contribution >= 4 is 5.69 Å². The number of nitrogens with two attached hydrogens (primary N) is 1. The van der Waals surface area contributed by atoms with Crippen molar-refractivity contribution in [3.8, 4) is 5.75 Å². The molecule has 2 N–H and O–H groups in total. The first kappa shape index (κ1) is 11.8. The molecule has 84 valence electrons. The van der Waals surface area contributed by atoms with Crippen molar-refractivity contribution in [1.82, 2.24) is 5.06 Å². The quantitative estimate of drug-likeness (QED) is 0.593. The van der Waals surface area contributed by atoms with Gasteiger partial charge in [0.2, 0.25) is 0 Å². The molecule has 0 aliphatic heterocycles. The summed E-state index contributed by atoms with van der Waals surface area (Å²) in [6, 6.07) is 5.62. The summed E-state index contributed by atoms with van der Waals surface area (Å²) in [5.74, 6) is 0.857. The third kappa shape index (κ3) is 3.42. The summed E-state index contributed by atoms with van der Waals surface area (Å²) in [6.07, 6.45) is 0. The van der Waals surface area contributed by atoms with E-state index in [1.165, 1.54) is 0 Å². The number of hydrogen-bond donors (Lipinski definition) is 1. The molecule has 0 saturated carbocycles. The summed E-state index contributed by atoms with van der Waals surface area (Å²) < 4.78 is 5.50. The Balaban J connectivity index is 2.86. The predicted octanol–water partition coefficient (Wildman–Crippen LogP) is 1.66. The Morgan fingerprint density at radius 3 is 2.73 bits per heavy atom. The molecular formula is C11H18N2O2. The SMILES string of the molecule is CCOc1ccc(N)cc1CN(C)OC. The van der Waals surface area contributed by atoms with Gasteiger partial charge in [0.25, 0.3) is 0 Å². The van der Waals surface area contributed by atoms with Crippen molar-refractivity contribution in [3.63, 3.8) is 0 Å². The first-order chi connectivity index (χ1) is 7.17. The Morgan fingerprint density at radius 1 is 1.40 bits per heavy atom. The van der Waals surface area contributed by atoms with Crippen LogP contribution in [0.15, 0.2) is 18.2 Å². The molecule has 4 heteroatoms. The van der Waals surface area contributed by atoms with Gasteiger partial charge >= 0.3 is 0 Å². The molecule has 1 aromatic rings. The van der Waals surface area contributed by atoms with E-state index < -0.39 is 0 Å². The summed E-state index contributed by atoms with van der Waals surface area (Å²) in [4.78, 5) is 5.06. The van der Waals surface area contributed by atoms with Crippen molar-refractivity contribution in [2.75, 3.05) is 26.5 Å². The highest BCUT2D eigenvalue weighted by Crippen LogP contribution is 2.22. The van der Waals surface area contributed by atoms with Crippen LogP contribution in [0.5, 0.6) is 5.75 Å². The number of hydroxylamine groups is 2. The predicted molar refractivity (Wildman–Crippen MR) is 60.5 cm³/mol. The molecular weight excluding hydrogens is 192 g/mol. The van der Waals surface area contributed by atoms with E-state index in [4.69, 9.17) is 15.3 Å². The van der Waals surface area contributed by atoms with Crippen LogP contribution in [0.25, 0.3) is 0 Å². The van der Waals surface area contributed by atoms with E-state index in [1.807, 2.05) is 32.2 Å². The van der Waals surface area contributed by atoms with Crippen LogP contribution in [0, 0.1) is 0 Å². The van der Waals surface area contributed by atoms with E-state index in [9.17, 15) is 0 Å². The van der Waals surface area contributed by atoms with Crippen molar-refractivity contribution < 1.29 is 9.57 Å². The Hall–Kier alpha value is -1.26. The molecule has 4 nitrogen and oxygen atoms in total. The lowest BCUT2D eigenvalue weighted by molar-refractivity contribution is -0.116. The van der Waals surface area contributed by atoms with Crippen LogP contribution >= 0.6 is 0 Å². The first-order valence-electron chi connectivity index (χ1n) is 4.93. The van der Waals surface area contributed by atoms with Gasteiger partial charge in [-0.05, 0) is 25.1 Å². The highest BCUT2D eigenvalue weighted by Gasteiger charge is 2.06. The van der Waals surface area contributed by atoms with E-state index in [-0.39, 0.29) is 0 Å². The van der Waals surface area contributed by atoms with Crippen LogP contribution in [0.3, 0.4) is 0 Å². The van der Waals surface area contributed by atoms with Gasteiger partial charge in [-0.2, -0.15) is 5.06 Å². The fourth-order valence-electron chi connectivity index (χ4n) is 1.32. The monoisotopic (exact) mass is 210 g/mol. The molecule has 0 saturated heterocycles. The molecule has 0 radical (unpaired) electrons. The molecule has 0 aliphatic carbocycles. The van der Waals surface area contributed by atoms with Crippen molar-refractivity contribution in [1.29, 1.82) is 0 Å². The van der Waals surface area contributed by atoms with Crippen LogP contribution in [0.4, 0.5) is 5.69 Å². The number of rotatable bonds is 5.